The number of rotatable bonds is 5. The van der Waals surface area contributed by atoms with Gasteiger partial charge in [0.25, 0.3) is 5.91 Å². The van der Waals surface area contributed by atoms with E-state index in [1.807, 2.05) is 0 Å². The van der Waals surface area contributed by atoms with Gasteiger partial charge in [0.1, 0.15) is 5.69 Å². The summed E-state index contributed by atoms with van der Waals surface area (Å²) < 4.78 is 0. The molecule has 1 aromatic rings. The molecule has 106 valence electrons. The molecule has 1 aromatic heterocycles. The minimum absolute atomic E-state index is 0.0312. The second-order valence-corrected chi connectivity index (χ2v) is 5.63. The molecule has 1 rings (SSSR count). The smallest absolute Gasteiger partial charge is 0.352 e. The first-order valence-electron chi connectivity index (χ1n) is 6.40. The van der Waals surface area contributed by atoms with Crippen molar-refractivity contribution < 1.29 is 14.7 Å². The number of carbonyl (C=O) groups is 2. The van der Waals surface area contributed by atoms with Crippen LogP contribution in [0.1, 0.15) is 59.3 Å². The molecule has 19 heavy (non-hydrogen) atoms. The summed E-state index contributed by atoms with van der Waals surface area (Å²) in [5, 5.41) is 11.9. The number of hydrogen-bond acceptors (Lipinski definition) is 2. The number of carbonyl (C=O) groups excluding carboxylic acids is 1. The quantitative estimate of drug-likeness (QED) is 0.765. The first-order valence-corrected chi connectivity index (χ1v) is 6.40. The van der Waals surface area contributed by atoms with Crippen LogP contribution in [-0.4, -0.2) is 28.5 Å². The van der Waals surface area contributed by atoms with E-state index in [0.717, 1.165) is 6.42 Å². The second-order valence-electron chi connectivity index (χ2n) is 5.63. The maximum atomic E-state index is 12.2. The fraction of sp³-hybridized carbons (Fsp3) is 0.571. The van der Waals surface area contributed by atoms with Gasteiger partial charge < -0.3 is 15.4 Å². The number of aromatic amines is 1. The Hall–Kier alpha value is -1.78. The number of aromatic nitrogens is 1. The minimum atomic E-state index is -1.05. The molecule has 5 heteroatoms. The molecule has 0 saturated heterocycles. The van der Waals surface area contributed by atoms with Crippen molar-refractivity contribution in [2.45, 2.75) is 41.0 Å². The van der Waals surface area contributed by atoms with E-state index >= 15 is 0 Å². The Morgan fingerprint density at radius 3 is 2.32 bits per heavy atom. The maximum absolute atomic E-state index is 12.2. The van der Waals surface area contributed by atoms with Crippen LogP contribution in [0, 0.1) is 19.3 Å². The van der Waals surface area contributed by atoms with Gasteiger partial charge >= 0.3 is 5.97 Å². The molecule has 0 saturated carbocycles. The van der Waals surface area contributed by atoms with Gasteiger partial charge in [0, 0.05) is 12.2 Å². The molecule has 1 amide bonds. The summed E-state index contributed by atoms with van der Waals surface area (Å²) >= 11 is 0. The predicted octanol–water partition coefficient (Wildman–Crippen LogP) is 2.50. The fourth-order valence-electron chi connectivity index (χ4n) is 1.84. The Morgan fingerprint density at radius 2 is 1.89 bits per heavy atom. The van der Waals surface area contributed by atoms with Gasteiger partial charge in [-0.05, 0) is 31.2 Å². The molecule has 0 aromatic carbocycles. The maximum Gasteiger partial charge on any atom is 0.352 e. The topological polar surface area (TPSA) is 82.2 Å². The van der Waals surface area contributed by atoms with Gasteiger partial charge in [-0.25, -0.2) is 4.79 Å². The standard InChI is InChI=1S/C14H22N2O3/c1-6-14(4,5)7-15-12(17)10-8(2)11(13(18)19)16-9(10)3/h16H,6-7H2,1-5H3,(H,15,17)(H,18,19). The Balaban J connectivity index is 2.92. The highest BCUT2D eigenvalue weighted by Crippen LogP contribution is 2.20. The Kier molecular flexibility index (Phi) is 4.39. The summed E-state index contributed by atoms with van der Waals surface area (Å²) in [6.07, 6.45) is 0.957. The van der Waals surface area contributed by atoms with E-state index in [1.165, 1.54) is 0 Å². The Labute approximate surface area is 113 Å². The summed E-state index contributed by atoms with van der Waals surface area (Å²) in [4.78, 5) is 25.9. The third kappa shape index (κ3) is 3.36. The molecule has 0 aliphatic heterocycles. The van der Waals surface area contributed by atoms with Gasteiger partial charge in [0.05, 0.1) is 5.56 Å². The number of nitrogens with one attached hydrogen (secondary N) is 2. The van der Waals surface area contributed by atoms with Crippen LogP contribution < -0.4 is 5.32 Å². The van der Waals surface area contributed by atoms with Crippen molar-refractivity contribution in [1.82, 2.24) is 10.3 Å². The van der Waals surface area contributed by atoms with Gasteiger partial charge in [-0.2, -0.15) is 0 Å². The lowest BCUT2D eigenvalue weighted by atomic mass is 9.90. The van der Waals surface area contributed by atoms with Crippen LogP contribution in [0.2, 0.25) is 0 Å². The van der Waals surface area contributed by atoms with Crippen molar-refractivity contribution in [1.29, 1.82) is 0 Å². The van der Waals surface area contributed by atoms with E-state index in [-0.39, 0.29) is 17.0 Å². The van der Waals surface area contributed by atoms with Crippen molar-refractivity contribution in [3.05, 3.63) is 22.5 Å². The van der Waals surface area contributed by atoms with Crippen LogP contribution in [0.4, 0.5) is 0 Å². The highest BCUT2D eigenvalue weighted by atomic mass is 16.4. The molecule has 0 atom stereocenters. The van der Waals surface area contributed by atoms with E-state index < -0.39 is 5.97 Å². The zero-order valence-electron chi connectivity index (χ0n) is 12.2. The SMILES string of the molecule is CCC(C)(C)CNC(=O)c1c(C)[nH]c(C(=O)O)c1C. The fourth-order valence-corrected chi connectivity index (χ4v) is 1.84. The number of carboxylic acid groups (broad SMARTS) is 1. The highest BCUT2D eigenvalue weighted by molar-refractivity contribution is 6.00. The number of hydrogen-bond donors (Lipinski definition) is 3. The number of aromatic carboxylic acids is 1. The summed E-state index contributed by atoms with van der Waals surface area (Å²) in [6, 6.07) is 0. The lowest BCUT2D eigenvalue weighted by molar-refractivity contribution is 0.0690. The third-order valence-electron chi connectivity index (χ3n) is 3.56. The monoisotopic (exact) mass is 266 g/mol. The van der Waals surface area contributed by atoms with Crippen molar-refractivity contribution in [2.75, 3.05) is 6.54 Å². The van der Waals surface area contributed by atoms with Crippen LogP contribution in [0.25, 0.3) is 0 Å². The van der Waals surface area contributed by atoms with Crippen molar-refractivity contribution in [3.63, 3.8) is 0 Å². The minimum Gasteiger partial charge on any atom is -0.477 e. The largest absolute Gasteiger partial charge is 0.477 e. The van der Waals surface area contributed by atoms with Gasteiger partial charge in [-0.3, -0.25) is 4.79 Å². The van der Waals surface area contributed by atoms with Gasteiger partial charge in [0.2, 0.25) is 0 Å². The average molecular weight is 266 g/mol. The number of amides is 1. The molecule has 0 bridgehead atoms. The number of H-pyrrole nitrogens is 1. The van der Waals surface area contributed by atoms with Crippen LogP contribution >= 0.6 is 0 Å². The molecule has 0 spiro atoms. The summed E-state index contributed by atoms with van der Waals surface area (Å²) in [6.45, 7) is 10.1. The molecule has 0 fully saturated rings. The molecule has 0 aliphatic carbocycles. The third-order valence-corrected chi connectivity index (χ3v) is 3.56. The number of aryl methyl sites for hydroxylation is 1. The summed E-state index contributed by atoms with van der Waals surface area (Å²) in [7, 11) is 0. The summed E-state index contributed by atoms with van der Waals surface area (Å²) in [5.74, 6) is -1.27. The van der Waals surface area contributed by atoms with E-state index in [1.54, 1.807) is 13.8 Å². The van der Waals surface area contributed by atoms with Gasteiger partial charge in [-0.15, -0.1) is 0 Å². The number of carboxylic acids is 1. The Bertz CT molecular complexity index is 501. The first kappa shape index (κ1) is 15.3. The normalized spacial score (nSPS) is 11.4. The molecule has 3 N–H and O–H groups in total. The average Bonchev–Trinajstić information content (AvgIpc) is 2.62. The highest BCUT2D eigenvalue weighted by Gasteiger charge is 2.23. The zero-order valence-corrected chi connectivity index (χ0v) is 12.2. The van der Waals surface area contributed by atoms with Crippen LogP contribution in [0.15, 0.2) is 0 Å². The van der Waals surface area contributed by atoms with Gasteiger partial charge in [0.15, 0.2) is 0 Å². The molecular formula is C14H22N2O3. The summed E-state index contributed by atoms with van der Waals surface area (Å²) in [5.41, 5.74) is 1.61. The van der Waals surface area contributed by atoms with E-state index in [2.05, 4.69) is 31.1 Å². The molecule has 0 radical (unpaired) electrons. The van der Waals surface area contributed by atoms with Crippen molar-refractivity contribution in [3.8, 4) is 0 Å². The molecule has 1 heterocycles. The van der Waals surface area contributed by atoms with E-state index in [4.69, 9.17) is 5.11 Å². The second kappa shape index (κ2) is 5.47. The van der Waals surface area contributed by atoms with Crippen LogP contribution in [-0.2, 0) is 0 Å². The first-order chi connectivity index (χ1) is 8.69. The molecule has 0 aliphatic rings. The van der Waals surface area contributed by atoms with Crippen LogP contribution in [0.5, 0.6) is 0 Å². The van der Waals surface area contributed by atoms with E-state index in [9.17, 15) is 9.59 Å². The predicted molar refractivity (Wildman–Crippen MR) is 73.6 cm³/mol. The molecule has 5 nitrogen and oxygen atoms in total. The zero-order chi connectivity index (χ0) is 14.8. The lowest BCUT2D eigenvalue weighted by Gasteiger charge is -2.22. The van der Waals surface area contributed by atoms with Crippen LogP contribution in [0.3, 0.4) is 0 Å². The van der Waals surface area contributed by atoms with E-state index in [0.29, 0.717) is 23.4 Å². The van der Waals surface area contributed by atoms with Crippen molar-refractivity contribution >= 4 is 11.9 Å². The van der Waals surface area contributed by atoms with Crippen molar-refractivity contribution in [2.24, 2.45) is 5.41 Å². The molecular weight excluding hydrogens is 244 g/mol. The Morgan fingerprint density at radius 1 is 1.32 bits per heavy atom. The lowest BCUT2D eigenvalue weighted by Crippen LogP contribution is -2.34. The molecule has 0 unspecified atom stereocenters. The van der Waals surface area contributed by atoms with Gasteiger partial charge in [-0.1, -0.05) is 20.8 Å².